The summed E-state index contributed by atoms with van der Waals surface area (Å²) >= 11 is 1.74. The van der Waals surface area contributed by atoms with Crippen LogP contribution in [-0.4, -0.2) is 24.1 Å². The van der Waals surface area contributed by atoms with Crippen molar-refractivity contribution in [2.24, 2.45) is 5.10 Å². The molecule has 0 aromatic heterocycles. The summed E-state index contributed by atoms with van der Waals surface area (Å²) in [6.45, 7) is 0. The van der Waals surface area contributed by atoms with E-state index in [0.29, 0.717) is 0 Å². The Balaban J connectivity index is 1.56. The average molecular weight is 403 g/mol. The van der Waals surface area contributed by atoms with E-state index in [2.05, 4.69) is 59.8 Å². The van der Waals surface area contributed by atoms with Gasteiger partial charge in [0.05, 0.1) is 18.9 Å². The van der Waals surface area contributed by atoms with Gasteiger partial charge in [-0.2, -0.15) is 5.10 Å². The van der Waals surface area contributed by atoms with E-state index in [-0.39, 0.29) is 12.3 Å². The Morgan fingerprint density at radius 2 is 1.86 bits per heavy atom. The SMILES string of the molecule is COc1cccc(C2=NN3[C@H](C2)c2ccccc2O[C@@H]3c2ccc(SC)cc2)c1. The van der Waals surface area contributed by atoms with Gasteiger partial charge in [-0.15, -0.1) is 11.8 Å². The molecule has 2 aliphatic rings. The second-order valence-electron chi connectivity index (χ2n) is 7.16. The quantitative estimate of drug-likeness (QED) is 0.528. The van der Waals surface area contributed by atoms with Gasteiger partial charge in [0.15, 0.2) is 0 Å². The average Bonchev–Trinajstić information content (AvgIpc) is 3.24. The number of hydrogen-bond acceptors (Lipinski definition) is 5. The van der Waals surface area contributed by atoms with E-state index in [0.717, 1.165) is 34.8 Å². The second kappa shape index (κ2) is 7.48. The van der Waals surface area contributed by atoms with Crippen LogP contribution >= 0.6 is 11.8 Å². The summed E-state index contributed by atoms with van der Waals surface area (Å²) in [6, 6.07) is 25.1. The van der Waals surface area contributed by atoms with Crippen molar-refractivity contribution in [3.63, 3.8) is 0 Å². The van der Waals surface area contributed by atoms with Crippen molar-refractivity contribution >= 4 is 17.5 Å². The summed E-state index contributed by atoms with van der Waals surface area (Å²) < 4.78 is 11.8. The maximum Gasteiger partial charge on any atom is 0.213 e. The van der Waals surface area contributed by atoms with Gasteiger partial charge in [-0.05, 0) is 36.6 Å². The molecule has 0 bridgehead atoms. The minimum absolute atomic E-state index is 0.159. The number of nitrogens with zero attached hydrogens (tertiary/aromatic N) is 2. The van der Waals surface area contributed by atoms with Gasteiger partial charge < -0.3 is 9.47 Å². The molecule has 29 heavy (non-hydrogen) atoms. The third-order valence-corrected chi connectivity index (χ3v) is 6.25. The minimum atomic E-state index is -0.242. The molecule has 0 amide bonds. The van der Waals surface area contributed by atoms with Crippen LogP contribution < -0.4 is 9.47 Å². The highest BCUT2D eigenvalue weighted by Crippen LogP contribution is 2.47. The highest BCUT2D eigenvalue weighted by Gasteiger charge is 2.40. The number of methoxy groups -OCH3 is 1. The van der Waals surface area contributed by atoms with Crippen LogP contribution in [0.15, 0.2) is 82.8 Å². The number of benzene rings is 3. The smallest absolute Gasteiger partial charge is 0.213 e. The first-order valence-electron chi connectivity index (χ1n) is 9.66. The van der Waals surface area contributed by atoms with Crippen LogP contribution in [0.3, 0.4) is 0 Å². The zero-order valence-electron chi connectivity index (χ0n) is 16.4. The molecule has 2 aliphatic heterocycles. The Morgan fingerprint density at radius 1 is 1.03 bits per heavy atom. The number of hydrogen-bond donors (Lipinski definition) is 0. The van der Waals surface area contributed by atoms with Crippen molar-refractivity contribution in [1.82, 2.24) is 5.01 Å². The third-order valence-electron chi connectivity index (χ3n) is 5.50. The molecule has 0 aliphatic carbocycles. The lowest BCUT2D eigenvalue weighted by Crippen LogP contribution is -2.33. The molecule has 0 saturated carbocycles. The van der Waals surface area contributed by atoms with Gasteiger partial charge >= 0.3 is 0 Å². The Bertz CT molecular complexity index is 1060. The van der Waals surface area contributed by atoms with Crippen molar-refractivity contribution < 1.29 is 9.47 Å². The van der Waals surface area contributed by atoms with Gasteiger partial charge in [-0.1, -0.05) is 42.5 Å². The number of ether oxygens (including phenoxy) is 2. The molecule has 2 atom stereocenters. The van der Waals surface area contributed by atoms with Crippen LogP contribution in [0.4, 0.5) is 0 Å². The summed E-state index contributed by atoms with van der Waals surface area (Å²) in [5, 5.41) is 7.14. The number of rotatable bonds is 4. The van der Waals surface area contributed by atoms with Gasteiger partial charge in [0.25, 0.3) is 0 Å². The van der Waals surface area contributed by atoms with Crippen molar-refractivity contribution in [2.75, 3.05) is 13.4 Å². The molecule has 0 N–H and O–H groups in total. The van der Waals surface area contributed by atoms with Crippen molar-refractivity contribution in [3.05, 3.63) is 89.5 Å². The normalized spacial score (nSPS) is 19.8. The molecular weight excluding hydrogens is 380 g/mol. The van der Waals surface area contributed by atoms with E-state index < -0.39 is 0 Å². The van der Waals surface area contributed by atoms with Crippen molar-refractivity contribution in [3.8, 4) is 11.5 Å². The molecule has 146 valence electrons. The molecule has 5 rings (SSSR count). The Hall–Kier alpha value is -2.92. The fraction of sp³-hybridized carbons (Fsp3) is 0.208. The molecule has 2 heterocycles. The first kappa shape index (κ1) is 18.1. The summed E-state index contributed by atoms with van der Waals surface area (Å²) in [4.78, 5) is 1.24. The van der Waals surface area contributed by atoms with Crippen molar-refractivity contribution in [1.29, 1.82) is 0 Å². The minimum Gasteiger partial charge on any atom is -0.497 e. The number of para-hydroxylation sites is 1. The molecule has 5 heteroatoms. The zero-order valence-corrected chi connectivity index (χ0v) is 17.2. The fourth-order valence-corrected chi connectivity index (χ4v) is 4.41. The first-order valence-corrected chi connectivity index (χ1v) is 10.9. The van der Waals surface area contributed by atoms with Gasteiger partial charge in [-0.3, -0.25) is 0 Å². The van der Waals surface area contributed by atoms with Gasteiger partial charge in [0.2, 0.25) is 6.23 Å². The number of thioether (sulfide) groups is 1. The molecule has 0 unspecified atom stereocenters. The largest absolute Gasteiger partial charge is 0.497 e. The monoisotopic (exact) mass is 402 g/mol. The van der Waals surface area contributed by atoms with Gasteiger partial charge in [0.1, 0.15) is 11.5 Å². The lowest BCUT2D eigenvalue weighted by molar-refractivity contribution is -0.0190. The Morgan fingerprint density at radius 3 is 2.66 bits per heavy atom. The van der Waals surface area contributed by atoms with Gasteiger partial charge in [-0.25, -0.2) is 5.01 Å². The highest BCUT2D eigenvalue weighted by atomic mass is 32.2. The molecule has 3 aromatic carbocycles. The molecular formula is C24H22N2O2S. The van der Waals surface area contributed by atoms with Crippen LogP contribution in [0, 0.1) is 0 Å². The van der Waals surface area contributed by atoms with E-state index in [1.807, 2.05) is 24.3 Å². The van der Waals surface area contributed by atoms with Crippen LogP contribution in [0.2, 0.25) is 0 Å². The maximum atomic E-state index is 6.42. The predicted octanol–water partition coefficient (Wildman–Crippen LogP) is 5.66. The standard InChI is InChI=1S/C24H22N2O2S/c1-27-18-7-5-6-17(14-18)21-15-22-20-8-3-4-9-23(20)28-24(26(22)25-21)16-10-12-19(29-2)13-11-16/h3-14,22,24H,15H2,1-2H3/t22-,24-/m1/s1. The Kier molecular flexibility index (Phi) is 4.68. The molecule has 3 aromatic rings. The maximum absolute atomic E-state index is 6.42. The molecule has 0 radical (unpaired) electrons. The first-order chi connectivity index (χ1) is 14.3. The second-order valence-corrected chi connectivity index (χ2v) is 8.04. The van der Waals surface area contributed by atoms with E-state index >= 15 is 0 Å². The van der Waals surface area contributed by atoms with E-state index in [9.17, 15) is 0 Å². The highest BCUT2D eigenvalue weighted by molar-refractivity contribution is 7.98. The summed E-state index contributed by atoms with van der Waals surface area (Å²) in [6.07, 6.45) is 2.69. The van der Waals surface area contributed by atoms with Gasteiger partial charge in [0, 0.05) is 28.0 Å². The number of hydrazone groups is 1. The summed E-state index contributed by atoms with van der Waals surface area (Å²) in [5.74, 6) is 1.78. The lowest BCUT2D eigenvalue weighted by atomic mass is 9.96. The van der Waals surface area contributed by atoms with Crippen LogP contribution in [0.5, 0.6) is 11.5 Å². The third kappa shape index (κ3) is 3.25. The fourth-order valence-electron chi connectivity index (χ4n) is 4.00. The molecule has 4 nitrogen and oxygen atoms in total. The van der Waals surface area contributed by atoms with E-state index in [1.165, 1.54) is 10.5 Å². The van der Waals surface area contributed by atoms with Crippen molar-refractivity contribution in [2.45, 2.75) is 23.6 Å². The predicted molar refractivity (Wildman–Crippen MR) is 117 cm³/mol. The zero-order chi connectivity index (χ0) is 19.8. The van der Waals surface area contributed by atoms with Crippen LogP contribution in [-0.2, 0) is 0 Å². The van der Waals surface area contributed by atoms with Crippen LogP contribution in [0.1, 0.15) is 35.4 Å². The van der Waals surface area contributed by atoms with E-state index in [4.69, 9.17) is 14.6 Å². The topological polar surface area (TPSA) is 34.1 Å². The number of fused-ring (bicyclic) bond motifs is 3. The lowest BCUT2D eigenvalue weighted by Gasteiger charge is -2.38. The molecule has 0 fully saturated rings. The van der Waals surface area contributed by atoms with Crippen LogP contribution in [0.25, 0.3) is 0 Å². The molecule has 0 saturated heterocycles. The summed E-state index contributed by atoms with van der Waals surface area (Å²) in [7, 11) is 1.69. The molecule has 0 spiro atoms. The summed E-state index contributed by atoms with van der Waals surface area (Å²) in [5.41, 5.74) is 4.44. The van der Waals surface area contributed by atoms with E-state index in [1.54, 1.807) is 18.9 Å². The Labute approximate surface area is 175 Å².